The molecule has 3 rings (SSSR count). The first-order valence-corrected chi connectivity index (χ1v) is 10.2. The summed E-state index contributed by atoms with van der Waals surface area (Å²) in [6, 6.07) is 7.55. The molecule has 0 aliphatic heterocycles. The molecule has 7 nitrogen and oxygen atoms in total. The number of aryl methyl sites for hydroxylation is 1. The molecule has 2 heterocycles. The van der Waals surface area contributed by atoms with Crippen LogP contribution < -0.4 is 10.9 Å². The van der Waals surface area contributed by atoms with Crippen LogP contribution in [0.3, 0.4) is 0 Å². The van der Waals surface area contributed by atoms with Gasteiger partial charge >= 0.3 is 0 Å². The number of amides is 1. The summed E-state index contributed by atoms with van der Waals surface area (Å²) >= 11 is 1.32. The molecule has 0 radical (unpaired) electrons. The summed E-state index contributed by atoms with van der Waals surface area (Å²) in [4.78, 5) is 25.0. The van der Waals surface area contributed by atoms with Gasteiger partial charge in [0, 0.05) is 12.6 Å². The predicted octanol–water partition coefficient (Wildman–Crippen LogP) is 2.71. The summed E-state index contributed by atoms with van der Waals surface area (Å²) in [5.74, 6) is 1.19. The summed E-state index contributed by atoms with van der Waals surface area (Å²) in [5.41, 5.74) is 0.704. The maximum absolute atomic E-state index is 13.0. The maximum Gasteiger partial charge on any atom is 0.262 e. The van der Waals surface area contributed by atoms with E-state index in [4.69, 9.17) is 0 Å². The zero-order valence-corrected chi connectivity index (χ0v) is 16.9. The Morgan fingerprint density at radius 1 is 1.19 bits per heavy atom. The van der Waals surface area contributed by atoms with Crippen molar-refractivity contribution in [1.82, 2.24) is 24.5 Å². The van der Waals surface area contributed by atoms with Crippen LogP contribution in [0, 0.1) is 5.92 Å². The molecular formula is C19H25N5O2S. The highest BCUT2D eigenvalue weighted by atomic mass is 32.2. The molecule has 27 heavy (non-hydrogen) atoms. The second-order valence-electron chi connectivity index (χ2n) is 7.29. The highest BCUT2D eigenvalue weighted by Gasteiger charge is 2.17. The minimum absolute atomic E-state index is 0.0517. The fourth-order valence-corrected chi connectivity index (χ4v) is 3.66. The Morgan fingerprint density at radius 3 is 2.63 bits per heavy atom. The molecule has 1 amide bonds. The summed E-state index contributed by atoms with van der Waals surface area (Å²) in [5, 5.41) is 12.6. The van der Waals surface area contributed by atoms with Gasteiger partial charge in [0.25, 0.3) is 5.56 Å². The molecule has 0 unspecified atom stereocenters. The largest absolute Gasteiger partial charge is 0.353 e. The van der Waals surface area contributed by atoms with Gasteiger partial charge in [0.1, 0.15) is 0 Å². The molecule has 0 fully saturated rings. The lowest BCUT2D eigenvalue weighted by Crippen LogP contribution is -2.31. The lowest BCUT2D eigenvalue weighted by atomic mass is 10.1. The quantitative estimate of drug-likeness (QED) is 0.631. The minimum atomic E-state index is -0.0553. The number of carbonyl (C=O) groups excluding carboxylic acids is 1. The Balaban J connectivity index is 2.07. The number of rotatable bonds is 7. The fraction of sp³-hybridized carbons (Fsp3) is 0.474. The van der Waals surface area contributed by atoms with Gasteiger partial charge in [-0.25, -0.2) is 0 Å². The number of aromatic nitrogens is 4. The molecule has 8 heteroatoms. The summed E-state index contributed by atoms with van der Waals surface area (Å²) in [7, 11) is 0. The van der Waals surface area contributed by atoms with Crippen molar-refractivity contribution in [3.8, 4) is 0 Å². The third-order valence-corrected chi connectivity index (χ3v) is 5.12. The average Bonchev–Trinajstić information content (AvgIpc) is 3.03. The maximum atomic E-state index is 13.0. The van der Waals surface area contributed by atoms with Gasteiger partial charge in [-0.15, -0.1) is 10.2 Å². The van der Waals surface area contributed by atoms with Gasteiger partial charge < -0.3 is 5.32 Å². The number of carbonyl (C=O) groups is 1. The molecule has 0 atom stereocenters. The van der Waals surface area contributed by atoms with Gasteiger partial charge in [-0.05, 0) is 38.3 Å². The first-order chi connectivity index (χ1) is 12.9. The topological polar surface area (TPSA) is 81.3 Å². The van der Waals surface area contributed by atoms with Crippen LogP contribution in [0.15, 0.2) is 34.2 Å². The smallest absolute Gasteiger partial charge is 0.262 e. The third-order valence-electron chi connectivity index (χ3n) is 4.19. The highest BCUT2D eigenvalue weighted by molar-refractivity contribution is 7.99. The van der Waals surface area contributed by atoms with E-state index in [0.29, 0.717) is 28.8 Å². The molecule has 0 aliphatic rings. The van der Waals surface area contributed by atoms with Crippen LogP contribution in [0.1, 0.15) is 34.1 Å². The fourth-order valence-electron chi connectivity index (χ4n) is 2.91. The van der Waals surface area contributed by atoms with E-state index in [0.717, 1.165) is 11.9 Å². The summed E-state index contributed by atoms with van der Waals surface area (Å²) in [6.45, 7) is 8.69. The van der Waals surface area contributed by atoms with E-state index in [1.165, 1.54) is 11.8 Å². The Labute approximate surface area is 162 Å². The zero-order valence-electron chi connectivity index (χ0n) is 16.1. The van der Waals surface area contributed by atoms with Crippen molar-refractivity contribution < 1.29 is 4.79 Å². The second kappa shape index (κ2) is 8.12. The third kappa shape index (κ3) is 4.16. The lowest BCUT2D eigenvalue weighted by molar-refractivity contribution is -0.119. The van der Waals surface area contributed by atoms with Crippen molar-refractivity contribution in [2.24, 2.45) is 5.92 Å². The number of hydrogen-bond acceptors (Lipinski definition) is 5. The number of nitrogens with zero attached hydrogens (tertiary/aromatic N) is 4. The van der Waals surface area contributed by atoms with Crippen LogP contribution in [-0.2, 0) is 11.3 Å². The van der Waals surface area contributed by atoms with Crippen LogP contribution in [0.25, 0.3) is 16.7 Å². The van der Waals surface area contributed by atoms with E-state index in [1.807, 2.05) is 42.5 Å². The zero-order chi connectivity index (χ0) is 19.6. The first-order valence-electron chi connectivity index (χ1n) is 9.17. The molecule has 0 bridgehead atoms. The molecule has 0 aliphatic carbocycles. The lowest BCUT2D eigenvalue weighted by Gasteiger charge is -2.12. The molecule has 3 aromatic rings. The summed E-state index contributed by atoms with van der Waals surface area (Å²) in [6.07, 6.45) is 0.875. The standard InChI is InChI=1S/C19H25N5O2S/c1-12(2)9-10-23-17(26)14-7-5-6-8-15(14)24-18(23)21-22-19(24)27-11-16(25)20-13(3)4/h5-8,12-13H,9-11H2,1-4H3,(H,20,25). The van der Waals surface area contributed by atoms with Crippen LogP contribution in [0.2, 0.25) is 0 Å². The van der Waals surface area contributed by atoms with Gasteiger partial charge in [-0.2, -0.15) is 0 Å². The molecule has 2 aromatic heterocycles. The minimum Gasteiger partial charge on any atom is -0.353 e. The van der Waals surface area contributed by atoms with E-state index < -0.39 is 0 Å². The van der Waals surface area contributed by atoms with E-state index in [-0.39, 0.29) is 23.3 Å². The van der Waals surface area contributed by atoms with Crippen molar-refractivity contribution in [3.63, 3.8) is 0 Å². The van der Waals surface area contributed by atoms with Gasteiger partial charge in [-0.3, -0.25) is 18.6 Å². The first kappa shape index (κ1) is 19.4. The summed E-state index contributed by atoms with van der Waals surface area (Å²) < 4.78 is 3.57. The number of hydrogen-bond donors (Lipinski definition) is 1. The molecular weight excluding hydrogens is 362 g/mol. The van der Waals surface area contributed by atoms with Crippen molar-refractivity contribution in [2.75, 3.05) is 5.75 Å². The molecule has 1 N–H and O–H groups in total. The molecule has 1 aromatic carbocycles. The Morgan fingerprint density at radius 2 is 1.93 bits per heavy atom. The normalized spacial score (nSPS) is 11.8. The van der Waals surface area contributed by atoms with Crippen molar-refractivity contribution in [1.29, 1.82) is 0 Å². The monoisotopic (exact) mass is 387 g/mol. The molecule has 144 valence electrons. The van der Waals surface area contributed by atoms with Crippen molar-refractivity contribution >= 4 is 34.3 Å². The van der Waals surface area contributed by atoms with E-state index in [1.54, 1.807) is 4.57 Å². The van der Waals surface area contributed by atoms with Gasteiger partial charge in [-0.1, -0.05) is 37.7 Å². The predicted molar refractivity (Wildman–Crippen MR) is 108 cm³/mol. The average molecular weight is 388 g/mol. The van der Waals surface area contributed by atoms with Gasteiger partial charge in [0.15, 0.2) is 5.16 Å². The molecule has 0 saturated carbocycles. The highest BCUT2D eigenvalue weighted by Crippen LogP contribution is 2.21. The van der Waals surface area contributed by atoms with Gasteiger partial charge in [0.05, 0.1) is 16.7 Å². The van der Waals surface area contributed by atoms with Crippen LogP contribution in [-0.4, -0.2) is 36.9 Å². The molecule has 0 saturated heterocycles. The van der Waals surface area contributed by atoms with Crippen LogP contribution in [0.4, 0.5) is 0 Å². The number of para-hydroxylation sites is 1. The van der Waals surface area contributed by atoms with E-state index in [9.17, 15) is 9.59 Å². The van der Waals surface area contributed by atoms with Crippen molar-refractivity contribution in [3.05, 3.63) is 34.6 Å². The second-order valence-corrected chi connectivity index (χ2v) is 8.23. The van der Waals surface area contributed by atoms with Crippen LogP contribution >= 0.6 is 11.8 Å². The Hall–Kier alpha value is -2.35. The SMILES string of the molecule is CC(C)CCn1c(=O)c2ccccc2n2c(SCC(=O)NC(C)C)nnc12. The van der Waals surface area contributed by atoms with Gasteiger partial charge in [0.2, 0.25) is 11.7 Å². The Kier molecular flexibility index (Phi) is 5.84. The number of nitrogens with one attached hydrogen (secondary N) is 1. The van der Waals surface area contributed by atoms with Crippen LogP contribution in [0.5, 0.6) is 0 Å². The number of benzene rings is 1. The molecule has 0 spiro atoms. The van der Waals surface area contributed by atoms with E-state index >= 15 is 0 Å². The van der Waals surface area contributed by atoms with E-state index in [2.05, 4.69) is 29.4 Å². The number of fused-ring (bicyclic) bond motifs is 3. The van der Waals surface area contributed by atoms with Crippen molar-refractivity contribution in [2.45, 2.75) is 51.9 Å². The Bertz CT molecular complexity index is 1020. The number of thioether (sulfide) groups is 1.